The van der Waals surface area contributed by atoms with Gasteiger partial charge in [0.15, 0.2) is 0 Å². The Bertz CT molecular complexity index is 1160. The molecule has 0 bridgehead atoms. The first-order valence-electron chi connectivity index (χ1n) is 7.43. The first-order valence-corrected chi connectivity index (χ1v) is 8.69. The average molecular weight is 418 g/mol. The van der Waals surface area contributed by atoms with Gasteiger partial charge in [-0.3, -0.25) is 18.7 Å². The molecule has 0 radical (unpaired) electrons. The first-order chi connectivity index (χ1) is 12.6. The molecule has 0 fully saturated rings. The highest BCUT2D eigenvalue weighted by atomic mass is 35.5. The van der Waals surface area contributed by atoms with Gasteiger partial charge in [-0.1, -0.05) is 11.6 Å². The van der Waals surface area contributed by atoms with Crippen LogP contribution in [0.5, 0.6) is 0 Å². The van der Waals surface area contributed by atoms with Crippen LogP contribution in [0.25, 0.3) is 10.2 Å². The number of nitrogens with zero attached hydrogens (tertiary/aromatic N) is 2. The van der Waals surface area contributed by atoms with Crippen LogP contribution in [0.15, 0.2) is 39.2 Å². The number of fused-ring (bicyclic) bond motifs is 1. The number of benzene rings is 1. The molecule has 0 aliphatic heterocycles. The van der Waals surface area contributed by atoms with Gasteiger partial charge >= 0.3 is 11.9 Å². The number of halogens is 4. The lowest BCUT2D eigenvalue weighted by Crippen LogP contribution is -2.39. The van der Waals surface area contributed by atoms with E-state index in [9.17, 15) is 27.6 Å². The molecule has 3 aromatic rings. The molecular formula is C16H11ClF3N3O3S. The Morgan fingerprint density at radius 1 is 1.26 bits per heavy atom. The van der Waals surface area contributed by atoms with E-state index in [-0.39, 0.29) is 16.2 Å². The van der Waals surface area contributed by atoms with Crippen molar-refractivity contribution in [3.05, 3.63) is 61.1 Å². The second-order valence-corrected chi connectivity index (χ2v) is 6.93. The molecule has 0 atom stereocenters. The van der Waals surface area contributed by atoms with Gasteiger partial charge < -0.3 is 5.32 Å². The van der Waals surface area contributed by atoms with Crippen LogP contribution in [-0.2, 0) is 24.6 Å². The summed E-state index contributed by atoms with van der Waals surface area (Å²) in [6.45, 7) is -0.493. The predicted octanol–water partition coefficient (Wildman–Crippen LogP) is 3.07. The maximum Gasteiger partial charge on any atom is 0.416 e. The number of aromatic nitrogens is 2. The average Bonchev–Trinajstić information content (AvgIpc) is 3.07. The van der Waals surface area contributed by atoms with E-state index in [1.165, 1.54) is 13.1 Å². The summed E-state index contributed by atoms with van der Waals surface area (Å²) in [5.41, 5.74) is -2.12. The van der Waals surface area contributed by atoms with E-state index in [1.807, 2.05) is 0 Å². The number of carbonyl (C=O) groups excluding carboxylic acids is 1. The highest BCUT2D eigenvalue weighted by molar-refractivity contribution is 7.17. The van der Waals surface area contributed by atoms with E-state index in [1.54, 1.807) is 5.38 Å². The fourth-order valence-corrected chi connectivity index (χ4v) is 3.52. The molecule has 1 N–H and O–H groups in total. The van der Waals surface area contributed by atoms with Crippen molar-refractivity contribution >= 4 is 44.7 Å². The number of alkyl halides is 3. The molecule has 0 unspecified atom stereocenters. The van der Waals surface area contributed by atoms with Gasteiger partial charge in [-0.05, 0) is 29.6 Å². The smallest absolute Gasteiger partial charge is 0.323 e. The van der Waals surface area contributed by atoms with Crippen LogP contribution in [-0.4, -0.2) is 15.0 Å². The van der Waals surface area contributed by atoms with Gasteiger partial charge in [0.25, 0.3) is 5.56 Å². The van der Waals surface area contributed by atoms with Gasteiger partial charge in [0.05, 0.1) is 21.8 Å². The molecule has 0 saturated carbocycles. The van der Waals surface area contributed by atoms with Crippen LogP contribution < -0.4 is 16.6 Å². The lowest BCUT2D eigenvalue weighted by Gasteiger charge is -2.13. The molecule has 11 heteroatoms. The Morgan fingerprint density at radius 2 is 1.96 bits per heavy atom. The van der Waals surface area contributed by atoms with Gasteiger partial charge in [0.1, 0.15) is 11.2 Å². The van der Waals surface area contributed by atoms with Gasteiger partial charge in [-0.15, -0.1) is 11.3 Å². The molecule has 2 aromatic heterocycles. The van der Waals surface area contributed by atoms with Crippen molar-refractivity contribution in [1.82, 2.24) is 9.13 Å². The molecule has 6 nitrogen and oxygen atoms in total. The van der Waals surface area contributed by atoms with E-state index < -0.39 is 35.4 Å². The third-order valence-electron chi connectivity index (χ3n) is 3.82. The number of thiophene rings is 1. The summed E-state index contributed by atoms with van der Waals surface area (Å²) in [6, 6.07) is 4.05. The Labute approximate surface area is 158 Å². The van der Waals surface area contributed by atoms with Crippen molar-refractivity contribution in [3.63, 3.8) is 0 Å². The maximum absolute atomic E-state index is 12.8. The lowest BCUT2D eigenvalue weighted by atomic mass is 10.2. The summed E-state index contributed by atoms with van der Waals surface area (Å²) in [7, 11) is 1.28. The number of rotatable bonds is 3. The molecule has 142 valence electrons. The van der Waals surface area contributed by atoms with E-state index >= 15 is 0 Å². The molecule has 0 spiro atoms. The number of amides is 1. The summed E-state index contributed by atoms with van der Waals surface area (Å²) in [5, 5.41) is 3.80. The van der Waals surface area contributed by atoms with Crippen molar-refractivity contribution < 1.29 is 18.0 Å². The van der Waals surface area contributed by atoms with E-state index in [4.69, 9.17) is 11.6 Å². The highest BCUT2D eigenvalue weighted by Gasteiger charge is 2.31. The van der Waals surface area contributed by atoms with Crippen molar-refractivity contribution in [1.29, 1.82) is 0 Å². The Morgan fingerprint density at radius 3 is 2.63 bits per heavy atom. The maximum atomic E-state index is 12.8. The van der Waals surface area contributed by atoms with Crippen LogP contribution in [0.4, 0.5) is 18.9 Å². The van der Waals surface area contributed by atoms with Gasteiger partial charge in [0.2, 0.25) is 5.91 Å². The van der Waals surface area contributed by atoms with Crippen molar-refractivity contribution in [2.24, 2.45) is 7.05 Å². The second kappa shape index (κ2) is 6.86. The zero-order valence-corrected chi connectivity index (χ0v) is 15.2. The minimum absolute atomic E-state index is 0.0789. The van der Waals surface area contributed by atoms with Crippen LogP contribution in [0.2, 0.25) is 5.02 Å². The fraction of sp³-hybridized carbons (Fsp3) is 0.188. The molecule has 3 rings (SSSR count). The zero-order chi connectivity index (χ0) is 19.9. The standard InChI is InChI=1S/C16H11ClF3N3O3S/c1-22-14(25)13-11(4-5-27-13)23(15(22)26)7-12(24)21-10-6-8(16(18,19)20)2-3-9(10)17/h2-6H,7H2,1H3,(H,21,24). The van der Waals surface area contributed by atoms with E-state index in [2.05, 4.69) is 5.32 Å². The lowest BCUT2D eigenvalue weighted by molar-refractivity contribution is -0.137. The first kappa shape index (κ1) is 19.2. The van der Waals surface area contributed by atoms with Gasteiger partial charge in [-0.25, -0.2) is 4.79 Å². The molecule has 0 aliphatic carbocycles. The molecule has 27 heavy (non-hydrogen) atoms. The predicted molar refractivity (Wildman–Crippen MR) is 96.4 cm³/mol. The van der Waals surface area contributed by atoms with Crippen LogP contribution in [0.3, 0.4) is 0 Å². The Balaban J connectivity index is 1.94. The van der Waals surface area contributed by atoms with Crippen LogP contribution in [0, 0.1) is 0 Å². The Kier molecular flexibility index (Phi) is 4.87. The van der Waals surface area contributed by atoms with E-state index in [0.29, 0.717) is 10.8 Å². The molecule has 0 aliphatic rings. The minimum Gasteiger partial charge on any atom is -0.323 e. The number of carbonyl (C=O) groups is 1. The molecule has 2 heterocycles. The fourth-order valence-electron chi connectivity index (χ4n) is 2.48. The summed E-state index contributed by atoms with van der Waals surface area (Å²) >= 11 is 6.97. The SMILES string of the molecule is Cn1c(=O)c2sccc2n(CC(=O)Nc2cc(C(F)(F)F)ccc2Cl)c1=O. The summed E-state index contributed by atoms with van der Waals surface area (Å²) in [5.74, 6) is -0.760. The van der Waals surface area contributed by atoms with Crippen LogP contribution >= 0.6 is 22.9 Å². The summed E-state index contributed by atoms with van der Waals surface area (Å²) < 4.78 is 40.7. The molecular weight excluding hydrogens is 407 g/mol. The summed E-state index contributed by atoms with van der Waals surface area (Å²) in [4.78, 5) is 36.7. The monoisotopic (exact) mass is 417 g/mol. The topological polar surface area (TPSA) is 73.1 Å². The molecule has 1 amide bonds. The number of hydrogen-bond donors (Lipinski definition) is 1. The zero-order valence-electron chi connectivity index (χ0n) is 13.6. The molecule has 0 saturated heterocycles. The summed E-state index contributed by atoms with van der Waals surface area (Å²) in [6.07, 6.45) is -4.60. The van der Waals surface area contributed by atoms with E-state index in [0.717, 1.165) is 32.6 Å². The largest absolute Gasteiger partial charge is 0.416 e. The van der Waals surface area contributed by atoms with Gasteiger partial charge in [-0.2, -0.15) is 13.2 Å². The number of anilines is 1. The van der Waals surface area contributed by atoms with Gasteiger partial charge in [0, 0.05) is 7.05 Å². The van der Waals surface area contributed by atoms with Crippen LogP contribution in [0.1, 0.15) is 5.56 Å². The third kappa shape index (κ3) is 3.62. The highest BCUT2D eigenvalue weighted by Crippen LogP contribution is 2.33. The third-order valence-corrected chi connectivity index (χ3v) is 5.04. The second-order valence-electron chi connectivity index (χ2n) is 5.61. The number of hydrogen-bond acceptors (Lipinski definition) is 4. The van der Waals surface area contributed by atoms with Crippen molar-refractivity contribution in [3.8, 4) is 0 Å². The Hall–Kier alpha value is -2.59. The normalized spacial score (nSPS) is 11.7. The van der Waals surface area contributed by atoms with Crippen molar-refractivity contribution in [2.45, 2.75) is 12.7 Å². The number of nitrogens with one attached hydrogen (secondary N) is 1. The van der Waals surface area contributed by atoms with Crippen molar-refractivity contribution in [2.75, 3.05) is 5.32 Å². The minimum atomic E-state index is -4.60. The quantitative estimate of drug-likeness (QED) is 0.711. The molecule has 1 aromatic carbocycles.